The first kappa shape index (κ1) is 23.1. The topological polar surface area (TPSA) is 106 Å². The summed E-state index contributed by atoms with van der Waals surface area (Å²) in [5.41, 5.74) is 4.04. The Balaban J connectivity index is 0.000000325. The number of aliphatic carboxylic acids is 1. The molecule has 2 unspecified atom stereocenters. The van der Waals surface area contributed by atoms with E-state index in [4.69, 9.17) is 14.3 Å². The summed E-state index contributed by atoms with van der Waals surface area (Å²) in [6, 6.07) is 7.62. The fraction of sp³-hybridized carbons (Fsp3) is 0.333. The quantitative estimate of drug-likeness (QED) is 0.610. The van der Waals surface area contributed by atoms with Gasteiger partial charge in [0.15, 0.2) is 9.84 Å². The van der Waals surface area contributed by atoms with Gasteiger partial charge in [-0.25, -0.2) is 13.2 Å². The van der Waals surface area contributed by atoms with Crippen molar-refractivity contribution in [3.8, 4) is 11.1 Å². The van der Waals surface area contributed by atoms with Gasteiger partial charge >= 0.3 is 12.1 Å². The van der Waals surface area contributed by atoms with Crippen molar-refractivity contribution in [2.24, 2.45) is 7.05 Å². The molecular formula is C21H20F3N3O5S. The van der Waals surface area contributed by atoms with Crippen LogP contribution in [0.5, 0.6) is 0 Å². The van der Waals surface area contributed by atoms with Crippen LogP contribution in [0.2, 0.25) is 0 Å². The third kappa shape index (κ3) is 4.53. The Hall–Kier alpha value is -3.12. The summed E-state index contributed by atoms with van der Waals surface area (Å²) in [7, 11) is -1.40. The second-order valence-electron chi connectivity index (χ2n) is 7.97. The molecule has 4 heterocycles. The Bertz CT molecular complexity index is 1270. The first-order chi connectivity index (χ1) is 15.5. The van der Waals surface area contributed by atoms with E-state index in [0.717, 1.165) is 35.3 Å². The highest BCUT2D eigenvalue weighted by atomic mass is 32.2. The van der Waals surface area contributed by atoms with Gasteiger partial charge in [0.25, 0.3) is 0 Å². The first-order valence-corrected chi connectivity index (χ1v) is 11.4. The molecule has 33 heavy (non-hydrogen) atoms. The molecule has 2 aromatic heterocycles. The van der Waals surface area contributed by atoms with Gasteiger partial charge in [-0.3, -0.25) is 9.58 Å². The Labute approximate surface area is 187 Å². The van der Waals surface area contributed by atoms with Crippen LogP contribution in [0.1, 0.15) is 17.0 Å². The van der Waals surface area contributed by atoms with Crippen LogP contribution in [0.3, 0.4) is 0 Å². The van der Waals surface area contributed by atoms with Crippen molar-refractivity contribution in [3.63, 3.8) is 0 Å². The Kier molecular flexibility index (Phi) is 5.83. The number of aromatic nitrogens is 2. The molecule has 1 N–H and O–H groups in total. The fourth-order valence-corrected chi connectivity index (χ4v) is 6.44. The van der Waals surface area contributed by atoms with Crippen molar-refractivity contribution in [2.75, 3.05) is 13.1 Å². The predicted molar refractivity (Wildman–Crippen MR) is 110 cm³/mol. The van der Waals surface area contributed by atoms with Gasteiger partial charge in [0.2, 0.25) is 0 Å². The van der Waals surface area contributed by atoms with E-state index in [9.17, 15) is 21.6 Å². The van der Waals surface area contributed by atoms with Crippen LogP contribution in [0, 0.1) is 0 Å². The standard InChI is InChI=1S/C19H19N3O3S.C2HF3O2/c1-21-9-15(7-20-21)14-2-3-18-16(6-14)17-10-22(8-13-4-5-25-12-13)11-19(17)26(18,23)24;3-2(4,5)1(6)7/h2-7,9,12,17,19H,8,10-11H2,1H3;(H,6,7). The van der Waals surface area contributed by atoms with Crippen LogP contribution in [0.15, 0.2) is 58.5 Å². The summed E-state index contributed by atoms with van der Waals surface area (Å²) in [5.74, 6) is -2.73. The number of hydrogen-bond acceptors (Lipinski definition) is 6. The first-order valence-electron chi connectivity index (χ1n) is 9.87. The van der Waals surface area contributed by atoms with E-state index in [1.54, 1.807) is 23.3 Å². The summed E-state index contributed by atoms with van der Waals surface area (Å²) in [4.78, 5) is 11.6. The highest BCUT2D eigenvalue weighted by Crippen LogP contribution is 2.46. The third-order valence-corrected chi connectivity index (χ3v) is 7.98. The fourth-order valence-electron chi connectivity index (χ4n) is 4.25. The zero-order valence-electron chi connectivity index (χ0n) is 17.4. The molecule has 0 aliphatic carbocycles. The molecule has 0 radical (unpaired) electrons. The largest absolute Gasteiger partial charge is 0.490 e. The molecule has 176 valence electrons. The Morgan fingerprint density at radius 3 is 2.55 bits per heavy atom. The van der Waals surface area contributed by atoms with Crippen molar-refractivity contribution in [1.82, 2.24) is 14.7 Å². The van der Waals surface area contributed by atoms with Crippen LogP contribution in [-0.4, -0.2) is 58.7 Å². The summed E-state index contributed by atoms with van der Waals surface area (Å²) in [6.45, 7) is 2.03. The molecule has 12 heteroatoms. The number of likely N-dealkylation sites (tertiary alicyclic amines) is 1. The zero-order valence-corrected chi connectivity index (χ0v) is 18.2. The minimum Gasteiger partial charge on any atom is -0.475 e. The van der Waals surface area contributed by atoms with Gasteiger partial charge in [-0.05, 0) is 29.3 Å². The maximum Gasteiger partial charge on any atom is 0.490 e. The van der Waals surface area contributed by atoms with Crippen molar-refractivity contribution in [2.45, 2.75) is 28.8 Å². The van der Waals surface area contributed by atoms with Crippen LogP contribution in [0.4, 0.5) is 13.2 Å². The summed E-state index contributed by atoms with van der Waals surface area (Å²) in [5, 5.41) is 11.0. The van der Waals surface area contributed by atoms with Crippen LogP contribution >= 0.6 is 0 Å². The molecule has 1 aromatic carbocycles. The lowest BCUT2D eigenvalue weighted by Gasteiger charge is -2.16. The lowest BCUT2D eigenvalue weighted by molar-refractivity contribution is -0.192. The summed E-state index contributed by atoms with van der Waals surface area (Å²) >= 11 is 0. The third-order valence-electron chi connectivity index (χ3n) is 5.72. The maximum atomic E-state index is 13.0. The normalized spacial score (nSPS) is 21.2. The molecule has 2 atom stereocenters. The number of carboxylic acid groups (broad SMARTS) is 1. The molecule has 1 saturated heterocycles. The predicted octanol–water partition coefficient (Wildman–Crippen LogP) is 3.07. The number of rotatable bonds is 3. The number of nitrogens with zero attached hydrogens (tertiary/aromatic N) is 3. The minimum atomic E-state index is -5.08. The number of alkyl halides is 3. The van der Waals surface area contributed by atoms with E-state index in [0.29, 0.717) is 11.4 Å². The number of sulfone groups is 1. The molecule has 2 aliphatic heterocycles. The Morgan fingerprint density at radius 2 is 1.97 bits per heavy atom. The molecule has 0 spiro atoms. The van der Waals surface area contributed by atoms with Gasteiger partial charge in [0.1, 0.15) is 0 Å². The van der Waals surface area contributed by atoms with E-state index >= 15 is 0 Å². The number of fused-ring (bicyclic) bond motifs is 3. The molecular weight excluding hydrogens is 463 g/mol. The van der Waals surface area contributed by atoms with Gasteiger partial charge in [-0.15, -0.1) is 0 Å². The lowest BCUT2D eigenvalue weighted by atomic mass is 9.95. The summed E-state index contributed by atoms with van der Waals surface area (Å²) in [6.07, 6.45) is 2.04. The van der Waals surface area contributed by atoms with Gasteiger partial charge in [-0.1, -0.05) is 6.07 Å². The van der Waals surface area contributed by atoms with Gasteiger partial charge in [0.05, 0.1) is 28.9 Å². The van der Waals surface area contributed by atoms with Crippen molar-refractivity contribution in [3.05, 3.63) is 60.3 Å². The maximum absolute atomic E-state index is 13.0. The monoisotopic (exact) mass is 483 g/mol. The number of halogens is 3. The minimum absolute atomic E-state index is 0.0264. The van der Waals surface area contributed by atoms with E-state index in [1.165, 1.54) is 0 Å². The van der Waals surface area contributed by atoms with Gasteiger partial charge in [0, 0.05) is 49.9 Å². The Morgan fingerprint density at radius 1 is 1.24 bits per heavy atom. The number of carbonyl (C=O) groups is 1. The second-order valence-corrected chi connectivity index (χ2v) is 10.1. The van der Waals surface area contributed by atoms with Crippen molar-refractivity contribution >= 4 is 15.8 Å². The van der Waals surface area contributed by atoms with Crippen LogP contribution < -0.4 is 0 Å². The smallest absolute Gasteiger partial charge is 0.475 e. The van der Waals surface area contributed by atoms with E-state index < -0.39 is 22.0 Å². The molecule has 1 fully saturated rings. The van der Waals surface area contributed by atoms with Crippen LogP contribution in [0.25, 0.3) is 11.1 Å². The average molecular weight is 483 g/mol. The molecule has 0 bridgehead atoms. The van der Waals surface area contributed by atoms with Crippen LogP contribution in [-0.2, 0) is 28.2 Å². The van der Waals surface area contributed by atoms with Gasteiger partial charge in [-0.2, -0.15) is 18.3 Å². The average Bonchev–Trinajstić information content (AvgIpc) is 3.51. The molecule has 3 aromatic rings. The molecule has 0 amide bonds. The molecule has 5 rings (SSSR count). The van der Waals surface area contributed by atoms with Crippen molar-refractivity contribution in [1.29, 1.82) is 0 Å². The zero-order chi connectivity index (χ0) is 24.0. The molecule has 2 aliphatic rings. The van der Waals surface area contributed by atoms with Gasteiger partial charge < -0.3 is 9.52 Å². The second kappa shape index (κ2) is 8.34. The SMILES string of the molecule is Cn1cc(-c2ccc3c(c2)C2CN(Cc4ccoc4)CC2S3(=O)=O)cn1.O=C(O)C(F)(F)F. The highest BCUT2D eigenvalue weighted by Gasteiger charge is 2.50. The molecule has 8 nitrogen and oxygen atoms in total. The number of furan rings is 1. The number of carboxylic acids is 1. The van der Waals surface area contributed by atoms with E-state index in [2.05, 4.69) is 10.00 Å². The van der Waals surface area contributed by atoms with E-state index in [1.807, 2.05) is 37.6 Å². The van der Waals surface area contributed by atoms with Crippen molar-refractivity contribution < 1.29 is 35.9 Å². The highest BCUT2D eigenvalue weighted by molar-refractivity contribution is 7.92. The number of benzene rings is 1. The number of hydrogen-bond donors (Lipinski definition) is 1. The number of aryl methyl sites for hydroxylation is 1. The summed E-state index contributed by atoms with van der Waals surface area (Å²) < 4.78 is 64.6. The lowest BCUT2D eigenvalue weighted by Crippen LogP contribution is -2.25. The molecule has 0 saturated carbocycles. The van der Waals surface area contributed by atoms with E-state index in [-0.39, 0.29) is 11.2 Å².